The van der Waals surface area contributed by atoms with Gasteiger partial charge in [-0.15, -0.1) is 11.8 Å². The minimum Gasteiger partial charge on any atom is -0.393 e. The standard InChI is InChI=1S/C14H13N3O3S/c1-21-11-5-3-10(4-6-11)16-14(18)9-2-7-13(17(19)20)12(15)8-9/h2-8H,15H2,1H3,(H,16,18). The van der Waals surface area contributed by atoms with Gasteiger partial charge in [0.1, 0.15) is 5.69 Å². The van der Waals surface area contributed by atoms with E-state index in [0.717, 1.165) is 4.90 Å². The van der Waals surface area contributed by atoms with Crippen molar-refractivity contribution in [3.05, 3.63) is 58.1 Å². The zero-order chi connectivity index (χ0) is 15.4. The molecule has 0 fully saturated rings. The Bertz CT molecular complexity index is 686. The minimum absolute atomic E-state index is 0.0367. The van der Waals surface area contributed by atoms with Gasteiger partial charge in [-0.05, 0) is 42.7 Å². The van der Waals surface area contributed by atoms with E-state index in [0.29, 0.717) is 5.69 Å². The molecule has 0 heterocycles. The zero-order valence-electron chi connectivity index (χ0n) is 11.2. The van der Waals surface area contributed by atoms with E-state index in [4.69, 9.17) is 5.73 Å². The molecule has 0 bridgehead atoms. The second-order valence-corrected chi connectivity index (χ2v) is 5.09. The average Bonchev–Trinajstić information content (AvgIpc) is 2.47. The number of benzene rings is 2. The third-order valence-electron chi connectivity index (χ3n) is 2.83. The third-order valence-corrected chi connectivity index (χ3v) is 3.58. The fourth-order valence-electron chi connectivity index (χ4n) is 1.74. The minimum atomic E-state index is -0.585. The fourth-order valence-corrected chi connectivity index (χ4v) is 2.15. The number of hydrogen-bond acceptors (Lipinski definition) is 5. The maximum atomic E-state index is 12.1. The average molecular weight is 303 g/mol. The number of anilines is 2. The number of amides is 1. The maximum Gasteiger partial charge on any atom is 0.292 e. The van der Waals surface area contributed by atoms with Gasteiger partial charge in [0.05, 0.1) is 4.92 Å². The SMILES string of the molecule is CSc1ccc(NC(=O)c2ccc([N+](=O)[O-])c(N)c2)cc1. The first-order valence-electron chi connectivity index (χ1n) is 6.00. The van der Waals surface area contributed by atoms with Gasteiger partial charge in [0.25, 0.3) is 11.6 Å². The second kappa shape index (κ2) is 6.27. The van der Waals surface area contributed by atoms with E-state index in [1.54, 1.807) is 23.9 Å². The summed E-state index contributed by atoms with van der Waals surface area (Å²) < 4.78 is 0. The van der Waals surface area contributed by atoms with Crippen molar-refractivity contribution in [1.82, 2.24) is 0 Å². The summed E-state index contributed by atoms with van der Waals surface area (Å²) in [5.74, 6) is -0.367. The molecule has 0 aliphatic carbocycles. The summed E-state index contributed by atoms with van der Waals surface area (Å²) in [7, 11) is 0. The van der Waals surface area contributed by atoms with E-state index in [1.807, 2.05) is 18.4 Å². The molecule has 3 N–H and O–H groups in total. The van der Waals surface area contributed by atoms with Gasteiger partial charge < -0.3 is 11.1 Å². The lowest BCUT2D eigenvalue weighted by Crippen LogP contribution is -2.12. The lowest BCUT2D eigenvalue weighted by Gasteiger charge is -2.06. The molecule has 0 spiro atoms. The first kappa shape index (κ1) is 14.9. The van der Waals surface area contributed by atoms with Crippen molar-refractivity contribution in [1.29, 1.82) is 0 Å². The first-order chi connectivity index (χ1) is 10.0. The molecule has 6 nitrogen and oxygen atoms in total. The van der Waals surface area contributed by atoms with Crippen molar-refractivity contribution in [2.24, 2.45) is 0 Å². The van der Waals surface area contributed by atoms with Crippen LogP contribution in [0, 0.1) is 10.1 Å². The molecular formula is C14H13N3O3S. The van der Waals surface area contributed by atoms with Gasteiger partial charge in [0, 0.05) is 22.2 Å². The lowest BCUT2D eigenvalue weighted by atomic mass is 10.1. The van der Waals surface area contributed by atoms with Gasteiger partial charge in [0.2, 0.25) is 0 Å². The molecule has 0 atom stereocenters. The number of nitrogens with two attached hydrogens (primary N) is 1. The topological polar surface area (TPSA) is 98.3 Å². The number of nitrogen functional groups attached to an aromatic ring is 1. The van der Waals surface area contributed by atoms with Gasteiger partial charge in [-0.1, -0.05) is 0 Å². The van der Waals surface area contributed by atoms with E-state index in [-0.39, 0.29) is 22.8 Å². The van der Waals surface area contributed by atoms with Crippen molar-refractivity contribution in [2.45, 2.75) is 4.90 Å². The Balaban J connectivity index is 2.16. The van der Waals surface area contributed by atoms with Gasteiger partial charge >= 0.3 is 0 Å². The zero-order valence-corrected chi connectivity index (χ0v) is 12.0. The molecule has 2 aromatic rings. The van der Waals surface area contributed by atoms with Crippen LogP contribution in [0.5, 0.6) is 0 Å². The quantitative estimate of drug-likeness (QED) is 0.391. The van der Waals surface area contributed by atoms with E-state index >= 15 is 0 Å². The molecule has 108 valence electrons. The van der Waals surface area contributed by atoms with Gasteiger partial charge in [-0.25, -0.2) is 0 Å². The van der Waals surface area contributed by atoms with Crippen molar-refractivity contribution >= 4 is 34.7 Å². The molecule has 0 unspecified atom stereocenters. The lowest BCUT2D eigenvalue weighted by molar-refractivity contribution is -0.383. The van der Waals surface area contributed by atoms with Crippen LogP contribution in [-0.2, 0) is 0 Å². The Morgan fingerprint density at radius 3 is 2.43 bits per heavy atom. The van der Waals surface area contributed by atoms with Crippen LogP contribution in [0.15, 0.2) is 47.4 Å². The Hall–Kier alpha value is -2.54. The number of hydrogen-bond donors (Lipinski definition) is 2. The predicted octanol–water partition coefficient (Wildman–Crippen LogP) is 3.15. The van der Waals surface area contributed by atoms with Gasteiger partial charge in [0.15, 0.2) is 0 Å². The van der Waals surface area contributed by atoms with Crippen LogP contribution in [0.2, 0.25) is 0 Å². The van der Waals surface area contributed by atoms with E-state index in [9.17, 15) is 14.9 Å². The molecule has 0 saturated carbocycles. The van der Waals surface area contributed by atoms with Gasteiger partial charge in [-0.3, -0.25) is 14.9 Å². The number of nitrogens with zero attached hydrogens (tertiary/aromatic N) is 1. The molecule has 0 aromatic heterocycles. The number of rotatable bonds is 4. The number of nitro groups is 1. The molecule has 2 aromatic carbocycles. The predicted molar refractivity (Wildman–Crippen MR) is 83.7 cm³/mol. The normalized spacial score (nSPS) is 10.1. The number of nitrogens with one attached hydrogen (secondary N) is 1. The molecule has 0 aliphatic rings. The number of nitro benzene ring substituents is 1. The largest absolute Gasteiger partial charge is 0.393 e. The molecule has 7 heteroatoms. The summed E-state index contributed by atoms with van der Waals surface area (Å²) >= 11 is 1.61. The highest BCUT2D eigenvalue weighted by atomic mass is 32.2. The van der Waals surface area contributed by atoms with Crippen LogP contribution in [-0.4, -0.2) is 17.1 Å². The Morgan fingerprint density at radius 1 is 1.24 bits per heavy atom. The summed E-state index contributed by atoms with van der Waals surface area (Å²) in [5, 5.41) is 13.4. The van der Waals surface area contributed by atoms with Crippen LogP contribution in [0.3, 0.4) is 0 Å². The van der Waals surface area contributed by atoms with Crippen LogP contribution >= 0.6 is 11.8 Å². The third kappa shape index (κ3) is 3.51. The highest BCUT2D eigenvalue weighted by molar-refractivity contribution is 7.98. The molecule has 0 radical (unpaired) electrons. The van der Waals surface area contributed by atoms with Crippen LogP contribution in [0.25, 0.3) is 0 Å². The highest BCUT2D eigenvalue weighted by Crippen LogP contribution is 2.23. The molecule has 0 aliphatic heterocycles. The molecule has 0 saturated heterocycles. The van der Waals surface area contributed by atoms with Crippen LogP contribution in [0.1, 0.15) is 10.4 Å². The second-order valence-electron chi connectivity index (χ2n) is 4.21. The Morgan fingerprint density at radius 2 is 1.90 bits per heavy atom. The summed E-state index contributed by atoms with van der Waals surface area (Å²) in [5.41, 5.74) is 6.24. The highest BCUT2D eigenvalue weighted by Gasteiger charge is 2.14. The van der Waals surface area contributed by atoms with E-state index in [1.165, 1.54) is 18.2 Å². The van der Waals surface area contributed by atoms with E-state index < -0.39 is 4.92 Å². The Labute approximate surface area is 125 Å². The van der Waals surface area contributed by atoms with Crippen molar-refractivity contribution in [3.8, 4) is 0 Å². The number of carbonyl (C=O) groups excluding carboxylic acids is 1. The summed E-state index contributed by atoms with van der Waals surface area (Å²) in [4.78, 5) is 23.2. The van der Waals surface area contributed by atoms with E-state index in [2.05, 4.69) is 5.32 Å². The molecule has 2 rings (SSSR count). The first-order valence-corrected chi connectivity index (χ1v) is 7.23. The van der Waals surface area contributed by atoms with Crippen LogP contribution < -0.4 is 11.1 Å². The number of thioether (sulfide) groups is 1. The van der Waals surface area contributed by atoms with Crippen molar-refractivity contribution in [3.63, 3.8) is 0 Å². The molecular weight excluding hydrogens is 290 g/mol. The summed E-state index contributed by atoms with van der Waals surface area (Å²) in [6.07, 6.45) is 1.97. The molecule has 21 heavy (non-hydrogen) atoms. The summed E-state index contributed by atoms with van der Waals surface area (Å²) in [6, 6.07) is 11.3. The smallest absolute Gasteiger partial charge is 0.292 e. The van der Waals surface area contributed by atoms with Crippen LogP contribution in [0.4, 0.5) is 17.1 Å². The van der Waals surface area contributed by atoms with Crippen molar-refractivity contribution in [2.75, 3.05) is 17.3 Å². The monoisotopic (exact) mass is 303 g/mol. The summed E-state index contributed by atoms with van der Waals surface area (Å²) in [6.45, 7) is 0. The molecule has 1 amide bonds. The number of carbonyl (C=O) groups is 1. The van der Waals surface area contributed by atoms with Gasteiger partial charge in [-0.2, -0.15) is 0 Å². The Kier molecular flexibility index (Phi) is 4.44. The maximum absolute atomic E-state index is 12.1. The van der Waals surface area contributed by atoms with Crippen molar-refractivity contribution < 1.29 is 9.72 Å². The fraction of sp³-hybridized carbons (Fsp3) is 0.0714.